The summed E-state index contributed by atoms with van der Waals surface area (Å²) in [5, 5.41) is 16.1. The fourth-order valence-corrected chi connectivity index (χ4v) is 2.51. The predicted molar refractivity (Wildman–Crippen MR) is 91.6 cm³/mol. The van der Waals surface area contributed by atoms with Crippen LogP contribution in [0.4, 0.5) is 5.82 Å². The van der Waals surface area contributed by atoms with E-state index in [2.05, 4.69) is 10.4 Å². The van der Waals surface area contributed by atoms with Crippen LogP contribution in [0.1, 0.15) is 34.5 Å². The molecule has 5 nitrogen and oxygen atoms in total. The first-order valence-corrected chi connectivity index (χ1v) is 7.59. The highest BCUT2D eigenvalue weighted by Crippen LogP contribution is 2.21. The monoisotopic (exact) mass is 316 g/mol. The van der Waals surface area contributed by atoms with Gasteiger partial charge in [0, 0.05) is 11.6 Å². The largest absolute Gasteiger partial charge is 0.307 e. The van der Waals surface area contributed by atoms with Gasteiger partial charge in [0.2, 0.25) is 0 Å². The van der Waals surface area contributed by atoms with Gasteiger partial charge in [-0.15, -0.1) is 0 Å². The molecule has 0 aliphatic carbocycles. The van der Waals surface area contributed by atoms with Crippen LogP contribution < -0.4 is 5.32 Å². The zero-order chi connectivity index (χ0) is 16.9. The molecule has 3 rings (SSSR count). The van der Waals surface area contributed by atoms with Crippen molar-refractivity contribution in [3.63, 3.8) is 0 Å². The Morgan fingerprint density at radius 1 is 1.17 bits per heavy atom. The first-order valence-electron chi connectivity index (χ1n) is 7.59. The number of carbonyl (C=O) groups excluding carboxylic acids is 1. The van der Waals surface area contributed by atoms with Gasteiger partial charge in [-0.1, -0.05) is 36.4 Å². The van der Waals surface area contributed by atoms with Crippen molar-refractivity contribution < 1.29 is 4.79 Å². The van der Waals surface area contributed by atoms with E-state index in [1.165, 1.54) is 0 Å². The van der Waals surface area contributed by atoms with Crippen molar-refractivity contribution in [2.24, 2.45) is 0 Å². The van der Waals surface area contributed by atoms with E-state index in [9.17, 15) is 4.79 Å². The van der Waals surface area contributed by atoms with Crippen LogP contribution in [-0.4, -0.2) is 15.7 Å². The molecule has 1 aromatic heterocycles. The Labute approximate surface area is 140 Å². The number of amides is 1. The lowest BCUT2D eigenvalue weighted by Gasteiger charge is -2.16. The Balaban J connectivity index is 1.83. The van der Waals surface area contributed by atoms with E-state index in [4.69, 9.17) is 5.26 Å². The van der Waals surface area contributed by atoms with E-state index in [-0.39, 0.29) is 11.9 Å². The number of nitriles is 1. The van der Waals surface area contributed by atoms with Crippen molar-refractivity contribution in [1.29, 1.82) is 5.26 Å². The molecular formula is C19H16N4O. The van der Waals surface area contributed by atoms with Crippen LogP contribution in [0.15, 0.2) is 66.9 Å². The van der Waals surface area contributed by atoms with Crippen molar-refractivity contribution in [1.82, 2.24) is 9.78 Å². The highest BCUT2D eigenvalue weighted by Gasteiger charge is 2.15. The minimum atomic E-state index is -0.269. The third-order valence-corrected chi connectivity index (χ3v) is 3.81. The Hall–Kier alpha value is -3.39. The van der Waals surface area contributed by atoms with Crippen LogP contribution in [0.5, 0.6) is 0 Å². The summed E-state index contributed by atoms with van der Waals surface area (Å²) in [5.41, 5.74) is 1.99. The van der Waals surface area contributed by atoms with Gasteiger partial charge in [-0.05, 0) is 30.7 Å². The van der Waals surface area contributed by atoms with E-state index < -0.39 is 0 Å². The summed E-state index contributed by atoms with van der Waals surface area (Å²) in [6.45, 7) is 2.02. The smallest absolute Gasteiger partial charge is 0.256 e. The fraction of sp³-hybridized carbons (Fsp3) is 0.105. The lowest BCUT2D eigenvalue weighted by Crippen LogP contribution is -2.18. The zero-order valence-electron chi connectivity index (χ0n) is 13.2. The molecule has 2 aromatic carbocycles. The third-order valence-electron chi connectivity index (χ3n) is 3.81. The summed E-state index contributed by atoms with van der Waals surface area (Å²) >= 11 is 0. The molecule has 0 radical (unpaired) electrons. The molecule has 0 aliphatic heterocycles. The normalized spacial score (nSPS) is 11.5. The number of hydrogen-bond acceptors (Lipinski definition) is 3. The number of nitrogens with zero attached hydrogens (tertiary/aromatic N) is 3. The Morgan fingerprint density at radius 2 is 1.96 bits per heavy atom. The number of rotatable bonds is 4. The van der Waals surface area contributed by atoms with Crippen LogP contribution in [0.3, 0.4) is 0 Å². The van der Waals surface area contributed by atoms with Crippen LogP contribution >= 0.6 is 0 Å². The molecule has 24 heavy (non-hydrogen) atoms. The first-order chi connectivity index (χ1) is 11.7. The number of carbonyl (C=O) groups is 1. The number of benzene rings is 2. The Kier molecular flexibility index (Phi) is 4.39. The minimum Gasteiger partial charge on any atom is -0.307 e. The molecule has 1 atom stereocenters. The number of hydrogen-bond donors (Lipinski definition) is 1. The molecule has 118 valence electrons. The third kappa shape index (κ3) is 3.18. The Bertz CT molecular complexity index is 893. The molecule has 0 bridgehead atoms. The second kappa shape index (κ2) is 6.80. The van der Waals surface area contributed by atoms with Crippen LogP contribution in [0, 0.1) is 11.3 Å². The van der Waals surface area contributed by atoms with Crippen molar-refractivity contribution in [2.75, 3.05) is 5.32 Å². The first kappa shape index (κ1) is 15.5. The topological polar surface area (TPSA) is 70.7 Å². The van der Waals surface area contributed by atoms with Crippen molar-refractivity contribution in [3.05, 3.63) is 83.6 Å². The standard InChI is InChI=1S/C19H16N4O/c1-14(16-7-3-2-4-8-16)23-18(10-11-21-23)22-19(24)17-9-5-6-15(12-17)13-20/h2-12,14H,1H3,(H,22,24). The van der Waals surface area contributed by atoms with Gasteiger partial charge in [0.1, 0.15) is 5.82 Å². The maximum Gasteiger partial charge on any atom is 0.256 e. The van der Waals surface area contributed by atoms with Gasteiger partial charge in [-0.2, -0.15) is 10.4 Å². The fourth-order valence-electron chi connectivity index (χ4n) is 2.51. The molecular weight excluding hydrogens is 300 g/mol. The molecule has 0 fully saturated rings. The molecule has 0 aliphatic rings. The SMILES string of the molecule is CC(c1ccccc1)n1nccc1NC(=O)c1cccc(C#N)c1. The molecule has 1 amide bonds. The molecule has 1 heterocycles. The van der Waals surface area contributed by atoms with Crippen LogP contribution in [0.25, 0.3) is 0 Å². The van der Waals surface area contributed by atoms with E-state index >= 15 is 0 Å². The van der Waals surface area contributed by atoms with Gasteiger partial charge >= 0.3 is 0 Å². The summed E-state index contributed by atoms with van der Waals surface area (Å²) in [7, 11) is 0. The van der Waals surface area contributed by atoms with Crippen molar-refractivity contribution in [3.8, 4) is 6.07 Å². The minimum absolute atomic E-state index is 0.0121. The molecule has 3 aromatic rings. The molecule has 1 unspecified atom stereocenters. The Morgan fingerprint density at radius 3 is 2.71 bits per heavy atom. The summed E-state index contributed by atoms with van der Waals surface area (Å²) in [6, 6.07) is 20.3. The summed E-state index contributed by atoms with van der Waals surface area (Å²) in [5.74, 6) is 0.341. The van der Waals surface area contributed by atoms with Crippen LogP contribution in [-0.2, 0) is 0 Å². The van der Waals surface area contributed by atoms with Crippen molar-refractivity contribution >= 4 is 11.7 Å². The maximum absolute atomic E-state index is 12.4. The highest BCUT2D eigenvalue weighted by atomic mass is 16.1. The molecule has 0 saturated carbocycles. The van der Waals surface area contributed by atoms with Gasteiger partial charge in [-0.3, -0.25) is 4.79 Å². The average molecular weight is 316 g/mol. The van der Waals surface area contributed by atoms with E-state index in [0.29, 0.717) is 16.9 Å². The lowest BCUT2D eigenvalue weighted by atomic mass is 10.1. The predicted octanol–water partition coefficient (Wildman–Crippen LogP) is 3.62. The van der Waals surface area contributed by atoms with E-state index in [1.807, 2.05) is 43.3 Å². The van der Waals surface area contributed by atoms with Gasteiger partial charge in [0.05, 0.1) is 23.9 Å². The van der Waals surface area contributed by atoms with E-state index in [1.54, 1.807) is 41.2 Å². The van der Waals surface area contributed by atoms with Crippen molar-refractivity contribution in [2.45, 2.75) is 13.0 Å². The van der Waals surface area contributed by atoms with Crippen LogP contribution in [0.2, 0.25) is 0 Å². The second-order valence-corrected chi connectivity index (χ2v) is 5.39. The zero-order valence-corrected chi connectivity index (χ0v) is 13.2. The number of aromatic nitrogens is 2. The van der Waals surface area contributed by atoms with E-state index in [0.717, 1.165) is 5.56 Å². The lowest BCUT2D eigenvalue weighted by molar-refractivity contribution is 0.102. The molecule has 1 N–H and O–H groups in total. The van der Waals surface area contributed by atoms with Gasteiger partial charge in [0.15, 0.2) is 0 Å². The highest BCUT2D eigenvalue weighted by molar-refractivity contribution is 6.04. The maximum atomic E-state index is 12.4. The second-order valence-electron chi connectivity index (χ2n) is 5.39. The number of anilines is 1. The van der Waals surface area contributed by atoms with Gasteiger partial charge in [0.25, 0.3) is 5.91 Å². The molecule has 0 spiro atoms. The summed E-state index contributed by atoms with van der Waals surface area (Å²) in [4.78, 5) is 12.4. The summed E-state index contributed by atoms with van der Waals surface area (Å²) < 4.78 is 1.77. The average Bonchev–Trinajstić information content (AvgIpc) is 3.10. The molecule has 0 saturated heterocycles. The van der Waals surface area contributed by atoms with Gasteiger partial charge < -0.3 is 5.32 Å². The number of nitrogens with one attached hydrogen (secondary N) is 1. The molecule has 5 heteroatoms. The summed E-state index contributed by atoms with van der Waals surface area (Å²) in [6.07, 6.45) is 1.65. The van der Waals surface area contributed by atoms with Gasteiger partial charge in [-0.25, -0.2) is 4.68 Å². The quantitative estimate of drug-likeness (QED) is 0.799.